The van der Waals surface area contributed by atoms with Crippen LogP contribution in [0.2, 0.25) is 0 Å². The minimum absolute atomic E-state index is 0.270. The Hall–Kier alpha value is -1.14. The van der Waals surface area contributed by atoms with Crippen molar-refractivity contribution in [3.8, 4) is 0 Å². The fraction of sp³-hybridized carbons (Fsp3) is 0.455. The Kier molecular flexibility index (Phi) is 8.09. The second-order valence-electron chi connectivity index (χ2n) is 6.64. The molecule has 0 amide bonds. The molecule has 7 N–H and O–H groups in total. The zero-order valence-corrected chi connectivity index (χ0v) is 20.2. The van der Waals surface area contributed by atoms with Crippen LogP contribution in [0.5, 0.6) is 0 Å². The van der Waals surface area contributed by atoms with Gasteiger partial charge in [-0.15, -0.1) is 0 Å². The lowest BCUT2D eigenvalue weighted by molar-refractivity contribution is -0.0543. The predicted molar refractivity (Wildman–Crippen MR) is 106 cm³/mol. The third kappa shape index (κ3) is 7.21. The smallest absolute Gasteiger partial charge is 0.387 e. The number of hydrogen-bond donors (Lipinski definition) is 7. The number of nitrogens with zero attached hydrogens (tertiary/aromatic N) is 3. The van der Waals surface area contributed by atoms with Crippen molar-refractivity contribution in [2.45, 2.75) is 24.5 Å². The van der Waals surface area contributed by atoms with E-state index in [0.717, 1.165) is 8.97 Å². The largest absolute Gasteiger partial charge is 0.490 e. The van der Waals surface area contributed by atoms with E-state index in [9.17, 15) is 43.1 Å². The number of phosphoric ester groups is 1. The Morgan fingerprint density at radius 3 is 2.14 bits per heavy atom. The zero-order chi connectivity index (χ0) is 26.4. The number of rotatable bonds is 10. The summed E-state index contributed by atoms with van der Waals surface area (Å²) >= 11 is 0. The van der Waals surface area contributed by atoms with Gasteiger partial charge in [0, 0.05) is 18.6 Å². The number of phosphoric acid groups is 4. The fourth-order valence-electron chi connectivity index (χ4n) is 2.84. The van der Waals surface area contributed by atoms with E-state index < -0.39 is 68.1 Å². The molecule has 1 aliphatic heterocycles. The molecule has 0 aliphatic carbocycles. The molecule has 1 aliphatic rings. The lowest BCUT2D eigenvalue weighted by Crippen LogP contribution is -2.36. The van der Waals surface area contributed by atoms with Gasteiger partial charge >= 0.3 is 37.0 Å². The first-order valence-corrected chi connectivity index (χ1v) is 14.8. The van der Waals surface area contributed by atoms with Crippen LogP contribution in [-0.4, -0.2) is 73.6 Å². The summed E-state index contributed by atoms with van der Waals surface area (Å²) in [6.45, 7) is -1.10. The van der Waals surface area contributed by atoms with Crippen LogP contribution in [0.4, 0.5) is 0 Å². The molecule has 35 heavy (non-hydrogen) atoms. The molecule has 1 fully saturated rings. The third-order valence-electron chi connectivity index (χ3n) is 4.12. The van der Waals surface area contributed by atoms with Crippen LogP contribution in [0, 0.1) is 0 Å². The number of imidazole rings is 1. The summed E-state index contributed by atoms with van der Waals surface area (Å²) in [6.07, 6.45) is -2.83. The van der Waals surface area contributed by atoms with E-state index in [2.05, 4.69) is 22.4 Å². The van der Waals surface area contributed by atoms with Gasteiger partial charge in [0.25, 0.3) is 0 Å². The number of aliphatic hydroxyl groups is 2. The van der Waals surface area contributed by atoms with Crippen molar-refractivity contribution in [2.75, 3.05) is 6.61 Å². The molecule has 198 valence electrons. The molecule has 0 spiro atoms. The van der Waals surface area contributed by atoms with Gasteiger partial charge in [-0.25, -0.2) is 28.0 Å². The Bertz CT molecular complexity index is 1330. The Balaban J connectivity index is 1.66. The monoisotopic (exact) mass is 587 g/mol. The molecule has 0 bridgehead atoms. The summed E-state index contributed by atoms with van der Waals surface area (Å²) in [6, 6.07) is 1.39. The topological polar surface area (TPSA) is 295 Å². The standard InChI is InChI=1S/C11H17N3O17P4/c15-8-6(28-10(9(8)16)14-3-1-7-12-2-4-13(7)11(14)17)5-27-33(21,22)30-35(25,26)31-34(23,24)29-32(18,19)20/h1-4,6,8-10,15-16H,5H2,(H,21,22)(H,23,24)(H,25,26)(H2,18,19,20)/t6-,8-,9-,10-/m1/s1. The molecule has 3 unspecified atom stereocenters. The highest BCUT2D eigenvalue weighted by molar-refractivity contribution is 7.69. The van der Waals surface area contributed by atoms with Crippen LogP contribution in [-0.2, 0) is 40.5 Å². The highest BCUT2D eigenvalue weighted by Gasteiger charge is 2.48. The van der Waals surface area contributed by atoms with E-state index in [0.29, 0.717) is 0 Å². The van der Waals surface area contributed by atoms with Crippen LogP contribution < -0.4 is 5.69 Å². The highest BCUT2D eigenvalue weighted by atomic mass is 31.3. The summed E-state index contributed by atoms with van der Waals surface area (Å²) in [5.74, 6) is 0. The quantitative estimate of drug-likeness (QED) is 0.157. The molecule has 1 saturated heterocycles. The Morgan fingerprint density at radius 2 is 1.51 bits per heavy atom. The number of fused-ring (bicyclic) bond motifs is 1. The number of aliphatic hydroxyl groups excluding tert-OH is 2. The normalized spacial score (nSPS) is 28.4. The zero-order valence-electron chi connectivity index (χ0n) is 16.7. The van der Waals surface area contributed by atoms with Crippen molar-refractivity contribution >= 4 is 36.9 Å². The van der Waals surface area contributed by atoms with Crippen molar-refractivity contribution in [3.63, 3.8) is 0 Å². The molecular weight excluding hydrogens is 570 g/mol. The molecule has 20 nitrogen and oxygen atoms in total. The van der Waals surface area contributed by atoms with Crippen molar-refractivity contribution in [1.29, 1.82) is 0 Å². The van der Waals surface area contributed by atoms with E-state index in [1.807, 2.05) is 0 Å². The van der Waals surface area contributed by atoms with Crippen molar-refractivity contribution in [3.05, 3.63) is 35.1 Å². The molecule has 0 radical (unpaired) electrons. The van der Waals surface area contributed by atoms with E-state index >= 15 is 0 Å². The fourth-order valence-corrected chi connectivity index (χ4v) is 7.30. The maximum absolute atomic E-state index is 12.5. The van der Waals surface area contributed by atoms with E-state index in [-0.39, 0.29) is 5.65 Å². The Labute approximate surface area is 193 Å². The van der Waals surface area contributed by atoms with E-state index in [1.54, 1.807) is 0 Å². The van der Waals surface area contributed by atoms with Crippen LogP contribution in [0.25, 0.3) is 5.65 Å². The minimum Gasteiger partial charge on any atom is -0.387 e. The molecule has 2 aromatic rings. The summed E-state index contributed by atoms with van der Waals surface area (Å²) < 4.78 is 67.6. The second-order valence-corrected chi connectivity index (χ2v) is 12.7. The molecule has 3 rings (SSSR count). The summed E-state index contributed by atoms with van der Waals surface area (Å²) in [4.78, 5) is 61.3. The molecule has 0 aromatic carbocycles. The van der Waals surface area contributed by atoms with Crippen LogP contribution in [0.3, 0.4) is 0 Å². The van der Waals surface area contributed by atoms with Gasteiger partial charge in [0.05, 0.1) is 6.61 Å². The SMILES string of the molecule is O=c1n([C@@H]2O[C@H](COP(=O)(O)OP(=O)(O)OP(=O)(O)OP(=O)(O)O)[C@@H](O)[C@H]2O)ccc2nccn12. The average Bonchev–Trinajstić information content (AvgIpc) is 3.23. The van der Waals surface area contributed by atoms with Gasteiger partial charge in [-0.1, -0.05) is 0 Å². The number of ether oxygens (including phenoxy) is 1. The average molecular weight is 587 g/mol. The summed E-state index contributed by atoms with van der Waals surface area (Å²) in [5, 5.41) is 20.4. The lowest BCUT2D eigenvalue weighted by Gasteiger charge is -2.20. The van der Waals surface area contributed by atoms with Crippen molar-refractivity contribution < 1.29 is 75.1 Å². The first kappa shape index (κ1) is 28.4. The third-order valence-corrected chi connectivity index (χ3v) is 9.57. The molecule has 7 atom stereocenters. The van der Waals surface area contributed by atoms with E-state index in [4.69, 9.17) is 19.4 Å². The van der Waals surface area contributed by atoms with E-state index in [1.165, 1.54) is 24.7 Å². The van der Waals surface area contributed by atoms with Gasteiger partial charge in [-0.2, -0.15) is 12.9 Å². The van der Waals surface area contributed by atoms with Crippen molar-refractivity contribution in [1.82, 2.24) is 14.0 Å². The van der Waals surface area contributed by atoms with Gasteiger partial charge in [0.15, 0.2) is 6.23 Å². The molecule has 3 heterocycles. The second kappa shape index (κ2) is 9.96. The van der Waals surface area contributed by atoms with Gasteiger partial charge < -0.3 is 39.4 Å². The van der Waals surface area contributed by atoms with Crippen molar-refractivity contribution in [2.24, 2.45) is 0 Å². The predicted octanol–water partition coefficient (Wildman–Crippen LogP) is -1.42. The molecule has 24 heteroatoms. The van der Waals surface area contributed by atoms with Gasteiger partial charge in [0.2, 0.25) is 0 Å². The molecule has 2 aromatic heterocycles. The molecular formula is C11H17N3O17P4. The number of aromatic nitrogens is 3. The van der Waals surface area contributed by atoms with Crippen LogP contribution in [0.1, 0.15) is 6.23 Å². The first-order chi connectivity index (χ1) is 15.9. The number of hydrogen-bond acceptors (Lipinski definition) is 13. The van der Waals surface area contributed by atoms with Gasteiger partial charge in [0.1, 0.15) is 24.0 Å². The first-order valence-electron chi connectivity index (χ1n) is 8.78. The minimum atomic E-state index is -6.02. The highest BCUT2D eigenvalue weighted by Crippen LogP contribution is 2.70. The molecule has 0 saturated carbocycles. The van der Waals surface area contributed by atoms with Gasteiger partial charge in [-0.3, -0.25) is 13.5 Å². The maximum atomic E-state index is 12.5. The van der Waals surface area contributed by atoms with Gasteiger partial charge in [-0.05, 0) is 6.07 Å². The summed E-state index contributed by atoms with van der Waals surface area (Å²) in [5.41, 5.74) is -0.454. The maximum Gasteiger partial charge on any atom is 0.490 e. The van der Waals surface area contributed by atoms with Crippen LogP contribution >= 0.6 is 31.3 Å². The Morgan fingerprint density at radius 1 is 0.914 bits per heavy atom. The van der Waals surface area contributed by atoms with Crippen LogP contribution in [0.15, 0.2) is 29.5 Å². The summed E-state index contributed by atoms with van der Waals surface area (Å²) in [7, 11) is -23.3. The lowest BCUT2D eigenvalue weighted by atomic mass is 10.1.